The van der Waals surface area contributed by atoms with E-state index in [1.165, 1.54) is 11.3 Å². The third kappa shape index (κ3) is 2.51. The van der Waals surface area contributed by atoms with E-state index in [9.17, 15) is 10.2 Å². The Balaban J connectivity index is 2.77. The first kappa shape index (κ1) is 11.6. The Hall–Kier alpha value is -0.490. The molecule has 1 aromatic heterocycles. The third-order valence-corrected chi connectivity index (χ3v) is 3.14. The van der Waals surface area contributed by atoms with Gasteiger partial charge in [0.15, 0.2) is 0 Å². The van der Waals surface area contributed by atoms with Gasteiger partial charge in [0.2, 0.25) is 0 Å². The Bertz CT molecular complexity index is 300. The van der Waals surface area contributed by atoms with Crippen LogP contribution in [0.3, 0.4) is 0 Å². The Morgan fingerprint density at radius 2 is 2.00 bits per heavy atom. The molecule has 5 heteroatoms. The summed E-state index contributed by atoms with van der Waals surface area (Å²) in [5.74, 6) is 0. The average Bonchev–Trinajstić information content (AvgIpc) is 2.44. The predicted molar refractivity (Wildman–Crippen MR) is 54.3 cm³/mol. The number of hydrogen-bond acceptors (Lipinski definition) is 5. The lowest BCUT2D eigenvalue weighted by atomic mass is 10.1. The molecule has 0 amide bonds. The van der Waals surface area contributed by atoms with E-state index in [0.717, 1.165) is 10.7 Å². The molecule has 3 N–H and O–H groups in total. The molecule has 0 aliphatic rings. The fraction of sp³-hybridized carbons (Fsp3) is 0.667. The van der Waals surface area contributed by atoms with Crippen LogP contribution in [-0.2, 0) is 0 Å². The molecule has 2 unspecified atom stereocenters. The van der Waals surface area contributed by atoms with E-state index in [4.69, 9.17) is 5.11 Å². The fourth-order valence-corrected chi connectivity index (χ4v) is 2.26. The Labute approximate surface area is 86.9 Å². The zero-order valence-electron chi connectivity index (χ0n) is 8.27. The third-order valence-electron chi connectivity index (χ3n) is 2.00. The van der Waals surface area contributed by atoms with Gasteiger partial charge in [0, 0.05) is 6.61 Å². The molecular formula is C9H15NO3S. The van der Waals surface area contributed by atoms with Crippen molar-refractivity contribution in [3.8, 4) is 0 Å². The smallest absolute Gasteiger partial charge is 0.116 e. The summed E-state index contributed by atoms with van der Waals surface area (Å²) in [6.45, 7) is 3.52. The quantitative estimate of drug-likeness (QED) is 0.688. The first-order valence-corrected chi connectivity index (χ1v) is 5.28. The van der Waals surface area contributed by atoms with Crippen LogP contribution in [-0.4, -0.2) is 33.0 Å². The summed E-state index contributed by atoms with van der Waals surface area (Å²) in [6, 6.07) is 0. The van der Waals surface area contributed by atoms with Crippen molar-refractivity contribution in [2.75, 3.05) is 6.61 Å². The highest BCUT2D eigenvalue weighted by molar-refractivity contribution is 7.11. The van der Waals surface area contributed by atoms with Gasteiger partial charge in [0.05, 0.1) is 21.7 Å². The van der Waals surface area contributed by atoms with Crippen molar-refractivity contribution in [2.45, 2.75) is 32.5 Å². The molecule has 0 aliphatic carbocycles. The van der Waals surface area contributed by atoms with Crippen molar-refractivity contribution in [3.05, 3.63) is 15.6 Å². The van der Waals surface area contributed by atoms with Crippen LogP contribution in [0.25, 0.3) is 0 Å². The highest BCUT2D eigenvalue weighted by Gasteiger charge is 2.22. The lowest BCUT2D eigenvalue weighted by molar-refractivity contribution is 0.00574. The minimum absolute atomic E-state index is 0.130. The van der Waals surface area contributed by atoms with Gasteiger partial charge in [-0.05, 0) is 20.3 Å². The molecule has 80 valence electrons. The van der Waals surface area contributed by atoms with Gasteiger partial charge in [0.25, 0.3) is 0 Å². The molecule has 0 saturated heterocycles. The van der Waals surface area contributed by atoms with E-state index < -0.39 is 12.2 Å². The maximum absolute atomic E-state index is 9.72. The average molecular weight is 217 g/mol. The summed E-state index contributed by atoms with van der Waals surface area (Å²) >= 11 is 1.37. The highest BCUT2D eigenvalue weighted by atomic mass is 32.1. The second-order valence-corrected chi connectivity index (χ2v) is 4.44. The molecular weight excluding hydrogens is 202 g/mol. The largest absolute Gasteiger partial charge is 0.396 e. The van der Waals surface area contributed by atoms with Crippen molar-refractivity contribution in [1.29, 1.82) is 0 Å². The van der Waals surface area contributed by atoms with Crippen molar-refractivity contribution in [1.82, 2.24) is 4.98 Å². The summed E-state index contributed by atoms with van der Waals surface area (Å²) < 4.78 is 0. The van der Waals surface area contributed by atoms with E-state index in [2.05, 4.69) is 4.98 Å². The molecule has 14 heavy (non-hydrogen) atoms. The lowest BCUT2D eigenvalue weighted by Crippen LogP contribution is -2.19. The highest BCUT2D eigenvalue weighted by Crippen LogP contribution is 2.27. The van der Waals surface area contributed by atoms with E-state index in [0.29, 0.717) is 4.88 Å². The van der Waals surface area contributed by atoms with Crippen LogP contribution in [0.4, 0.5) is 0 Å². The number of aliphatic hydroxyl groups excluding tert-OH is 3. The Morgan fingerprint density at radius 3 is 2.43 bits per heavy atom. The minimum Gasteiger partial charge on any atom is -0.396 e. The van der Waals surface area contributed by atoms with Crippen LogP contribution in [0, 0.1) is 13.8 Å². The molecule has 0 fully saturated rings. The summed E-state index contributed by atoms with van der Waals surface area (Å²) in [5.41, 5.74) is 0.747. The van der Waals surface area contributed by atoms with Gasteiger partial charge in [-0.1, -0.05) is 0 Å². The van der Waals surface area contributed by atoms with E-state index in [-0.39, 0.29) is 13.0 Å². The Morgan fingerprint density at radius 1 is 1.36 bits per heavy atom. The first-order chi connectivity index (χ1) is 6.56. The fourth-order valence-electron chi connectivity index (χ4n) is 1.29. The van der Waals surface area contributed by atoms with Crippen molar-refractivity contribution in [2.24, 2.45) is 0 Å². The van der Waals surface area contributed by atoms with Crippen LogP contribution in [0.5, 0.6) is 0 Å². The van der Waals surface area contributed by atoms with Crippen LogP contribution in [0.2, 0.25) is 0 Å². The van der Waals surface area contributed by atoms with Gasteiger partial charge < -0.3 is 15.3 Å². The number of aromatic nitrogens is 1. The molecule has 0 saturated carbocycles. The molecule has 0 aliphatic heterocycles. The number of hydrogen-bond donors (Lipinski definition) is 3. The van der Waals surface area contributed by atoms with Crippen molar-refractivity contribution in [3.63, 3.8) is 0 Å². The number of rotatable bonds is 4. The monoisotopic (exact) mass is 217 g/mol. The van der Waals surface area contributed by atoms with Crippen LogP contribution in [0.1, 0.15) is 28.1 Å². The maximum atomic E-state index is 9.72. The summed E-state index contributed by atoms with van der Waals surface area (Å²) in [7, 11) is 0. The molecule has 0 aromatic carbocycles. The van der Waals surface area contributed by atoms with Gasteiger partial charge in [-0.25, -0.2) is 4.98 Å². The molecule has 2 atom stereocenters. The van der Waals surface area contributed by atoms with E-state index in [1.807, 2.05) is 6.92 Å². The van der Waals surface area contributed by atoms with Crippen molar-refractivity contribution < 1.29 is 15.3 Å². The van der Waals surface area contributed by atoms with Gasteiger partial charge >= 0.3 is 0 Å². The molecule has 1 aromatic rings. The molecule has 0 radical (unpaired) electrons. The molecule has 4 nitrogen and oxygen atoms in total. The zero-order valence-corrected chi connectivity index (χ0v) is 9.08. The standard InChI is InChI=1S/C9H15NO3S/c1-5-9(14-6(2)10-5)8(13)7(12)3-4-11/h7-8,11-13H,3-4H2,1-2H3. The van der Waals surface area contributed by atoms with Gasteiger partial charge in [0.1, 0.15) is 6.10 Å². The minimum atomic E-state index is -0.937. The molecule has 1 rings (SSSR count). The maximum Gasteiger partial charge on any atom is 0.116 e. The number of aliphatic hydroxyl groups is 3. The molecule has 0 spiro atoms. The molecule has 0 bridgehead atoms. The second kappa shape index (κ2) is 4.84. The summed E-state index contributed by atoms with van der Waals surface area (Å²) in [6.07, 6.45) is -1.68. The number of thiazole rings is 1. The van der Waals surface area contributed by atoms with Gasteiger partial charge in [-0.15, -0.1) is 11.3 Å². The summed E-state index contributed by atoms with van der Waals surface area (Å²) in [5, 5.41) is 28.7. The van der Waals surface area contributed by atoms with Crippen LogP contribution >= 0.6 is 11.3 Å². The Kier molecular flexibility index (Phi) is 4.00. The van der Waals surface area contributed by atoms with E-state index in [1.54, 1.807) is 6.92 Å². The zero-order chi connectivity index (χ0) is 10.7. The van der Waals surface area contributed by atoms with Gasteiger partial charge in [-0.2, -0.15) is 0 Å². The lowest BCUT2D eigenvalue weighted by Gasteiger charge is -2.15. The van der Waals surface area contributed by atoms with Crippen LogP contribution in [0.15, 0.2) is 0 Å². The predicted octanol–water partition coefficient (Wildman–Crippen LogP) is 0.537. The topological polar surface area (TPSA) is 73.6 Å². The first-order valence-electron chi connectivity index (χ1n) is 4.47. The van der Waals surface area contributed by atoms with Crippen molar-refractivity contribution >= 4 is 11.3 Å². The normalized spacial score (nSPS) is 15.5. The second-order valence-electron chi connectivity index (χ2n) is 3.21. The van der Waals surface area contributed by atoms with E-state index >= 15 is 0 Å². The summed E-state index contributed by atoms with van der Waals surface area (Å²) in [4.78, 5) is 4.84. The number of nitrogens with zero attached hydrogens (tertiary/aromatic N) is 1. The van der Waals surface area contributed by atoms with Gasteiger partial charge in [-0.3, -0.25) is 0 Å². The number of aryl methyl sites for hydroxylation is 2. The molecule has 1 heterocycles. The van der Waals surface area contributed by atoms with Crippen LogP contribution < -0.4 is 0 Å². The SMILES string of the molecule is Cc1nc(C)c(C(O)C(O)CCO)s1.